The monoisotopic (exact) mass is 256 g/mol. The molecule has 0 amide bonds. The maximum absolute atomic E-state index is 11.1. The molecule has 0 fully saturated rings. The van der Waals surface area contributed by atoms with Crippen molar-refractivity contribution >= 4 is 17.3 Å². The van der Waals surface area contributed by atoms with Crippen molar-refractivity contribution in [1.82, 2.24) is 0 Å². The smallest absolute Gasteiger partial charge is 0.304 e. The van der Waals surface area contributed by atoms with Gasteiger partial charge in [-0.2, -0.15) is 0 Å². The van der Waals surface area contributed by atoms with Crippen LogP contribution in [0, 0.1) is 11.8 Å². The van der Waals surface area contributed by atoms with Gasteiger partial charge in [-0.3, -0.25) is 4.79 Å². The first-order chi connectivity index (χ1) is 8.75. The molecule has 1 aromatic heterocycles. The van der Waals surface area contributed by atoms with Crippen molar-refractivity contribution in [2.24, 2.45) is 0 Å². The van der Waals surface area contributed by atoms with Crippen LogP contribution in [0.2, 0.25) is 0 Å². The van der Waals surface area contributed by atoms with Crippen LogP contribution in [0.4, 0.5) is 0 Å². The molecule has 0 N–H and O–H groups in total. The van der Waals surface area contributed by atoms with E-state index in [1.54, 1.807) is 0 Å². The second-order valence-corrected chi connectivity index (χ2v) is 4.62. The first-order valence-corrected chi connectivity index (χ1v) is 6.41. The van der Waals surface area contributed by atoms with Crippen molar-refractivity contribution in [2.75, 3.05) is 0 Å². The van der Waals surface area contributed by atoms with E-state index in [9.17, 15) is 4.79 Å². The summed E-state index contributed by atoms with van der Waals surface area (Å²) >= 11 is 1.53. The molecule has 0 bridgehead atoms. The lowest BCUT2D eigenvalue weighted by Gasteiger charge is -2.08. The number of hydrogen-bond donors (Lipinski definition) is 0. The van der Waals surface area contributed by atoms with Crippen LogP contribution >= 0.6 is 11.3 Å². The molecule has 0 saturated heterocycles. The first-order valence-electron chi connectivity index (χ1n) is 5.53. The highest BCUT2D eigenvalue weighted by molar-refractivity contribution is 7.10. The zero-order valence-electron chi connectivity index (χ0n) is 9.92. The summed E-state index contributed by atoms with van der Waals surface area (Å²) in [7, 11) is 0. The van der Waals surface area contributed by atoms with Crippen LogP contribution in [0.25, 0.3) is 0 Å². The van der Waals surface area contributed by atoms with Gasteiger partial charge < -0.3 is 4.74 Å². The molecule has 0 spiro atoms. The summed E-state index contributed by atoms with van der Waals surface area (Å²) < 4.78 is 5.21. The summed E-state index contributed by atoms with van der Waals surface area (Å²) in [6.45, 7) is 1.39. The van der Waals surface area contributed by atoms with Crippen LogP contribution in [0.3, 0.4) is 0 Å². The van der Waals surface area contributed by atoms with Crippen LogP contribution in [-0.2, 0) is 9.53 Å². The number of ether oxygens (including phenoxy) is 1. The average Bonchev–Trinajstić information content (AvgIpc) is 2.89. The van der Waals surface area contributed by atoms with Gasteiger partial charge >= 0.3 is 5.97 Å². The van der Waals surface area contributed by atoms with Crippen molar-refractivity contribution in [3.8, 4) is 11.8 Å². The number of carbonyl (C=O) groups excluding carboxylic acids is 1. The summed E-state index contributed by atoms with van der Waals surface area (Å²) in [5.41, 5.74) is 0.909. The van der Waals surface area contributed by atoms with Crippen molar-refractivity contribution in [1.29, 1.82) is 0 Å². The second kappa shape index (κ2) is 6.04. The Morgan fingerprint density at radius 1 is 1.22 bits per heavy atom. The molecule has 2 rings (SSSR count). The SMILES string of the molecule is CC(=O)OC(C#Cc1ccccc1)c1cccs1. The van der Waals surface area contributed by atoms with E-state index in [-0.39, 0.29) is 5.97 Å². The third-order valence-electron chi connectivity index (χ3n) is 2.21. The number of thiophene rings is 1. The molecule has 90 valence electrons. The average molecular weight is 256 g/mol. The Bertz CT molecular complexity index is 562. The minimum absolute atomic E-state index is 0.323. The number of esters is 1. The van der Waals surface area contributed by atoms with Gasteiger partial charge in [0, 0.05) is 12.5 Å². The Morgan fingerprint density at radius 3 is 2.61 bits per heavy atom. The third kappa shape index (κ3) is 3.47. The Kier molecular flexibility index (Phi) is 4.16. The van der Waals surface area contributed by atoms with E-state index in [2.05, 4.69) is 11.8 Å². The lowest BCUT2D eigenvalue weighted by Crippen LogP contribution is -2.05. The first kappa shape index (κ1) is 12.4. The van der Waals surface area contributed by atoms with Gasteiger partial charge in [-0.15, -0.1) is 11.3 Å². The molecule has 18 heavy (non-hydrogen) atoms. The highest BCUT2D eigenvalue weighted by atomic mass is 32.1. The fraction of sp³-hybridized carbons (Fsp3) is 0.133. The van der Waals surface area contributed by atoms with Gasteiger partial charge in [-0.1, -0.05) is 30.2 Å². The highest BCUT2D eigenvalue weighted by Crippen LogP contribution is 2.22. The fourth-order valence-electron chi connectivity index (χ4n) is 1.44. The van der Waals surface area contributed by atoms with Gasteiger partial charge in [-0.25, -0.2) is 0 Å². The van der Waals surface area contributed by atoms with Crippen LogP contribution in [-0.4, -0.2) is 5.97 Å². The molecule has 1 unspecified atom stereocenters. The Labute approximate surface area is 110 Å². The lowest BCUT2D eigenvalue weighted by atomic mass is 10.2. The van der Waals surface area contributed by atoms with E-state index < -0.39 is 6.10 Å². The quantitative estimate of drug-likeness (QED) is 0.608. The van der Waals surface area contributed by atoms with E-state index in [1.165, 1.54) is 18.3 Å². The van der Waals surface area contributed by atoms with Crippen molar-refractivity contribution in [2.45, 2.75) is 13.0 Å². The minimum Gasteiger partial charge on any atom is -0.443 e. The second-order valence-electron chi connectivity index (χ2n) is 3.64. The van der Waals surface area contributed by atoms with E-state index >= 15 is 0 Å². The van der Waals surface area contributed by atoms with E-state index in [4.69, 9.17) is 4.74 Å². The van der Waals surface area contributed by atoms with Crippen LogP contribution in [0.1, 0.15) is 23.5 Å². The number of rotatable bonds is 2. The van der Waals surface area contributed by atoms with Gasteiger partial charge in [0.25, 0.3) is 0 Å². The molecule has 0 aliphatic heterocycles. The normalized spacial score (nSPS) is 11.2. The van der Waals surface area contributed by atoms with Crippen LogP contribution < -0.4 is 0 Å². The summed E-state index contributed by atoms with van der Waals surface area (Å²) in [6.07, 6.45) is -0.484. The van der Waals surface area contributed by atoms with E-state index in [0.717, 1.165) is 10.4 Å². The van der Waals surface area contributed by atoms with Gasteiger partial charge in [0.2, 0.25) is 0 Å². The number of hydrogen-bond acceptors (Lipinski definition) is 3. The summed E-state index contributed by atoms with van der Waals surface area (Å²) in [5.74, 6) is 5.68. The third-order valence-corrected chi connectivity index (χ3v) is 3.12. The van der Waals surface area contributed by atoms with Gasteiger partial charge in [-0.05, 0) is 29.5 Å². The number of carbonyl (C=O) groups is 1. The van der Waals surface area contributed by atoms with Crippen molar-refractivity contribution in [3.63, 3.8) is 0 Å². The molecule has 2 aromatic rings. The molecule has 1 heterocycles. The van der Waals surface area contributed by atoms with Crippen molar-refractivity contribution in [3.05, 3.63) is 58.3 Å². The Morgan fingerprint density at radius 2 is 2.00 bits per heavy atom. The molecule has 0 saturated carbocycles. The Balaban J connectivity index is 2.21. The molecular weight excluding hydrogens is 244 g/mol. The molecule has 2 nitrogen and oxygen atoms in total. The highest BCUT2D eigenvalue weighted by Gasteiger charge is 2.12. The number of benzene rings is 1. The molecule has 0 radical (unpaired) electrons. The molecule has 1 atom stereocenters. The standard InChI is InChI=1S/C15H12O2S/c1-12(16)17-14(15-8-5-11-18-15)10-9-13-6-3-2-4-7-13/h2-8,11,14H,1H3. The van der Waals surface area contributed by atoms with E-state index in [0.29, 0.717) is 0 Å². The predicted octanol–water partition coefficient (Wildman–Crippen LogP) is 3.40. The van der Waals surface area contributed by atoms with Gasteiger partial charge in [0.05, 0.1) is 4.88 Å². The zero-order valence-corrected chi connectivity index (χ0v) is 10.7. The zero-order chi connectivity index (χ0) is 12.8. The largest absolute Gasteiger partial charge is 0.443 e. The summed E-state index contributed by atoms with van der Waals surface area (Å²) in [6, 6.07) is 13.5. The summed E-state index contributed by atoms with van der Waals surface area (Å²) in [5, 5.41) is 1.94. The Hall–Kier alpha value is -2.05. The molecule has 0 aliphatic rings. The maximum atomic E-state index is 11.1. The van der Waals surface area contributed by atoms with Gasteiger partial charge in [0.15, 0.2) is 6.10 Å². The lowest BCUT2D eigenvalue weighted by molar-refractivity contribution is -0.143. The molecule has 3 heteroatoms. The van der Waals surface area contributed by atoms with Crippen LogP contribution in [0.15, 0.2) is 47.8 Å². The predicted molar refractivity (Wildman–Crippen MR) is 72.1 cm³/mol. The van der Waals surface area contributed by atoms with Gasteiger partial charge in [0.1, 0.15) is 0 Å². The minimum atomic E-state index is -0.484. The topological polar surface area (TPSA) is 26.3 Å². The summed E-state index contributed by atoms with van der Waals surface area (Å²) in [4.78, 5) is 12.0. The van der Waals surface area contributed by atoms with E-state index in [1.807, 2.05) is 47.8 Å². The molecule has 1 aromatic carbocycles. The fourth-order valence-corrected chi connectivity index (χ4v) is 2.14. The molecule has 0 aliphatic carbocycles. The van der Waals surface area contributed by atoms with Crippen molar-refractivity contribution < 1.29 is 9.53 Å². The maximum Gasteiger partial charge on any atom is 0.304 e. The molecular formula is C15H12O2S. The van der Waals surface area contributed by atoms with Crippen LogP contribution in [0.5, 0.6) is 0 Å².